The summed E-state index contributed by atoms with van der Waals surface area (Å²) in [4.78, 5) is 58.8. The Balaban J connectivity index is 1.29. The lowest BCUT2D eigenvalue weighted by Crippen LogP contribution is -2.29. The first-order valence-corrected chi connectivity index (χ1v) is 10.7. The molecule has 2 aromatic carbocycles. The smallest absolute Gasteiger partial charge is 0.338 e. The molecule has 0 spiro atoms. The van der Waals surface area contributed by atoms with Gasteiger partial charge in [-0.05, 0) is 54.6 Å². The van der Waals surface area contributed by atoms with E-state index in [9.17, 15) is 19.2 Å². The van der Waals surface area contributed by atoms with E-state index >= 15 is 0 Å². The molecule has 4 aromatic rings. The number of hydrogen-bond acceptors (Lipinski definition) is 9. The maximum absolute atomic E-state index is 13.0. The van der Waals surface area contributed by atoms with Crippen molar-refractivity contribution in [1.82, 2.24) is 15.1 Å². The molecule has 0 bridgehead atoms. The largest absolute Gasteiger partial charge is 0.452 e. The Kier molecular flexibility index (Phi) is 5.79. The highest BCUT2D eigenvalue weighted by Gasteiger charge is 2.37. The van der Waals surface area contributed by atoms with Crippen LogP contribution in [-0.2, 0) is 16.1 Å². The van der Waals surface area contributed by atoms with Gasteiger partial charge in [-0.25, -0.2) is 9.69 Å². The van der Waals surface area contributed by atoms with E-state index in [1.165, 1.54) is 25.1 Å². The molecule has 1 N–H and O–H groups in total. The zero-order valence-corrected chi connectivity index (χ0v) is 18.8. The summed E-state index contributed by atoms with van der Waals surface area (Å²) in [5.74, 6) is -1.66. The summed E-state index contributed by atoms with van der Waals surface area (Å²) < 4.78 is 10.4. The fourth-order valence-corrected chi connectivity index (χ4v) is 3.64. The highest BCUT2D eigenvalue weighted by atomic mass is 16.6. The van der Waals surface area contributed by atoms with Gasteiger partial charge in [0.25, 0.3) is 17.7 Å². The van der Waals surface area contributed by atoms with Crippen LogP contribution in [0.2, 0.25) is 0 Å². The Bertz CT molecular complexity index is 1500. The van der Waals surface area contributed by atoms with Crippen LogP contribution in [0.5, 0.6) is 0 Å². The van der Waals surface area contributed by atoms with Crippen molar-refractivity contribution in [3.05, 3.63) is 89.6 Å². The molecule has 36 heavy (non-hydrogen) atoms. The van der Waals surface area contributed by atoms with Gasteiger partial charge in [0.2, 0.25) is 11.7 Å². The van der Waals surface area contributed by atoms with Crippen molar-refractivity contribution in [3.8, 4) is 11.4 Å². The van der Waals surface area contributed by atoms with Gasteiger partial charge < -0.3 is 14.6 Å². The highest BCUT2D eigenvalue weighted by Crippen LogP contribution is 2.30. The van der Waals surface area contributed by atoms with E-state index in [-0.39, 0.29) is 35.1 Å². The summed E-state index contributed by atoms with van der Waals surface area (Å²) in [5, 5.41) is 6.45. The second-order valence-electron chi connectivity index (χ2n) is 7.76. The van der Waals surface area contributed by atoms with Gasteiger partial charge in [-0.1, -0.05) is 5.16 Å². The van der Waals surface area contributed by atoms with Crippen molar-refractivity contribution in [3.63, 3.8) is 0 Å². The molecular formula is C25H17N5O6. The summed E-state index contributed by atoms with van der Waals surface area (Å²) in [5.41, 5.74) is 1.85. The lowest BCUT2D eigenvalue weighted by atomic mass is 10.1. The number of fused-ring (bicyclic) bond motifs is 1. The highest BCUT2D eigenvalue weighted by molar-refractivity contribution is 6.34. The molecule has 0 radical (unpaired) electrons. The first kappa shape index (κ1) is 22.6. The monoisotopic (exact) mass is 483 g/mol. The first-order chi connectivity index (χ1) is 17.4. The van der Waals surface area contributed by atoms with Gasteiger partial charge in [-0.15, -0.1) is 0 Å². The van der Waals surface area contributed by atoms with E-state index in [4.69, 9.17) is 9.26 Å². The Labute approximate surface area is 203 Å². The molecule has 2 aromatic heterocycles. The number of hydrogen-bond donors (Lipinski definition) is 1. The van der Waals surface area contributed by atoms with Crippen molar-refractivity contribution in [2.75, 3.05) is 10.2 Å². The van der Waals surface area contributed by atoms with Crippen LogP contribution >= 0.6 is 0 Å². The predicted molar refractivity (Wildman–Crippen MR) is 125 cm³/mol. The molecule has 1 aliphatic heterocycles. The van der Waals surface area contributed by atoms with Gasteiger partial charge >= 0.3 is 5.97 Å². The van der Waals surface area contributed by atoms with Crippen LogP contribution in [-0.4, -0.2) is 38.8 Å². The summed E-state index contributed by atoms with van der Waals surface area (Å²) in [6.45, 7) is 1.10. The molecule has 0 atom stereocenters. The van der Waals surface area contributed by atoms with E-state index in [2.05, 4.69) is 20.4 Å². The second-order valence-corrected chi connectivity index (χ2v) is 7.76. The first-order valence-electron chi connectivity index (χ1n) is 10.7. The van der Waals surface area contributed by atoms with Crippen LogP contribution in [0.3, 0.4) is 0 Å². The standard InChI is InChI=1S/C25H17N5O6/c1-14(31)27-17-5-7-18(8-6-17)30-23(32)19-9-4-15(11-20(19)24(30)33)25(34)35-13-21-28-22(29-36-21)16-3-2-10-26-12-16/h2-12H,13H2,1H3,(H,27,31). The van der Waals surface area contributed by atoms with Crippen molar-refractivity contribution in [1.29, 1.82) is 0 Å². The molecule has 1 aliphatic rings. The minimum atomic E-state index is -0.725. The summed E-state index contributed by atoms with van der Waals surface area (Å²) in [6.07, 6.45) is 3.19. The molecule has 11 nitrogen and oxygen atoms in total. The SMILES string of the molecule is CC(=O)Nc1ccc(N2C(=O)c3ccc(C(=O)OCc4nc(-c5cccnc5)no4)cc3C2=O)cc1. The number of nitrogens with zero attached hydrogens (tertiary/aromatic N) is 4. The van der Waals surface area contributed by atoms with Gasteiger partial charge in [0.15, 0.2) is 6.61 Å². The summed E-state index contributed by atoms with van der Waals surface area (Å²) in [6, 6.07) is 13.9. The topological polar surface area (TPSA) is 145 Å². The fourth-order valence-electron chi connectivity index (χ4n) is 3.64. The molecule has 0 unspecified atom stereocenters. The van der Waals surface area contributed by atoms with Crippen molar-refractivity contribution in [2.45, 2.75) is 13.5 Å². The number of rotatable bonds is 6. The van der Waals surface area contributed by atoms with Crippen LogP contribution < -0.4 is 10.2 Å². The maximum Gasteiger partial charge on any atom is 0.338 e. The number of benzene rings is 2. The molecule has 11 heteroatoms. The van der Waals surface area contributed by atoms with E-state index in [0.717, 1.165) is 4.90 Å². The maximum atomic E-state index is 13.0. The van der Waals surface area contributed by atoms with E-state index in [1.54, 1.807) is 48.8 Å². The number of pyridine rings is 1. The lowest BCUT2D eigenvalue weighted by Gasteiger charge is -2.14. The fraction of sp³-hybridized carbons (Fsp3) is 0.0800. The molecule has 5 rings (SSSR count). The number of nitrogens with one attached hydrogen (secondary N) is 1. The average Bonchev–Trinajstić information content (AvgIpc) is 3.46. The number of anilines is 2. The molecule has 3 amide bonds. The average molecular weight is 483 g/mol. The number of aromatic nitrogens is 3. The Hall–Kier alpha value is -5.19. The minimum Gasteiger partial charge on any atom is -0.452 e. The Morgan fingerprint density at radius 2 is 1.81 bits per heavy atom. The minimum absolute atomic E-state index is 0.0806. The summed E-state index contributed by atoms with van der Waals surface area (Å²) in [7, 11) is 0. The number of amides is 3. The van der Waals surface area contributed by atoms with Crippen LogP contribution in [0.1, 0.15) is 43.9 Å². The second kappa shape index (κ2) is 9.22. The van der Waals surface area contributed by atoms with Crippen LogP contribution in [0, 0.1) is 0 Å². The third-order valence-electron chi connectivity index (χ3n) is 5.28. The third-order valence-corrected chi connectivity index (χ3v) is 5.28. The Morgan fingerprint density at radius 1 is 1.03 bits per heavy atom. The lowest BCUT2D eigenvalue weighted by molar-refractivity contribution is -0.114. The molecule has 0 fully saturated rings. The van der Waals surface area contributed by atoms with Gasteiger partial charge in [-0.3, -0.25) is 19.4 Å². The predicted octanol–water partition coefficient (Wildman–Crippen LogP) is 3.25. The quantitative estimate of drug-likeness (QED) is 0.323. The Morgan fingerprint density at radius 3 is 2.53 bits per heavy atom. The van der Waals surface area contributed by atoms with Crippen molar-refractivity contribution < 1.29 is 28.4 Å². The van der Waals surface area contributed by atoms with Crippen LogP contribution in [0.25, 0.3) is 11.4 Å². The van der Waals surface area contributed by atoms with Gasteiger partial charge in [0.1, 0.15) is 0 Å². The molecule has 178 valence electrons. The van der Waals surface area contributed by atoms with Crippen LogP contribution in [0.4, 0.5) is 11.4 Å². The van der Waals surface area contributed by atoms with E-state index < -0.39 is 17.8 Å². The van der Waals surface area contributed by atoms with Gasteiger partial charge in [0.05, 0.1) is 22.4 Å². The number of carbonyl (C=O) groups is 4. The molecule has 0 saturated carbocycles. The molecular weight excluding hydrogens is 466 g/mol. The van der Waals surface area contributed by atoms with Crippen molar-refractivity contribution >= 4 is 35.1 Å². The van der Waals surface area contributed by atoms with Gasteiger partial charge in [0, 0.05) is 30.6 Å². The molecule has 0 saturated heterocycles. The number of imide groups is 1. The molecule has 3 heterocycles. The third kappa shape index (κ3) is 4.32. The van der Waals surface area contributed by atoms with E-state index in [1.807, 2.05) is 0 Å². The number of carbonyl (C=O) groups excluding carboxylic acids is 4. The molecule has 0 aliphatic carbocycles. The zero-order chi connectivity index (χ0) is 25.2. The zero-order valence-electron chi connectivity index (χ0n) is 18.8. The van der Waals surface area contributed by atoms with Gasteiger partial charge in [-0.2, -0.15) is 4.98 Å². The van der Waals surface area contributed by atoms with E-state index in [0.29, 0.717) is 22.8 Å². The normalized spacial score (nSPS) is 12.4. The number of ether oxygens (including phenoxy) is 1. The van der Waals surface area contributed by atoms with Crippen LogP contribution in [0.15, 0.2) is 71.5 Å². The number of esters is 1. The summed E-state index contributed by atoms with van der Waals surface area (Å²) >= 11 is 0. The van der Waals surface area contributed by atoms with Crippen molar-refractivity contribution in [2.24, 2.45) is 0 Å².